The maximum absolute atomic E-state index is 10.2. The Morgan fingerprint density at radius 3 is 2.19 bits per heavy atom. The van der Waals surface area contributed by atoms with Gasteiger partial charge in [0.1, 0.15) is 6.04 Å². The predicted octanol–water partition coefficient (Wildman–Crippen LogP) is -1.83. The molecule has 16 heavy (non-hydrogen) atoms. The van der Waals surface area contributed by atoms with Gasteiger partial charge in [-0.25, -0.2) is 5.48 Å². The molecule has 0 aromatic carbocycles. The Bertz CT molecular complexity index is 251. The zero-order valence-corrected chi connectivity index (χ0v) is 8.75. The molecule has 0 heterocycles. The molecule has 0 saturated heterocycles. The lowest BCUT2D eigenvalue weighted by Crippen LogP contribution is -2.32. The lowest BCUT2D eigenvalue weighted by molar-refractivity contribution is -0.138. The lowest BCUT2D eigenvalue weighted by Gasteiger charge is -2.03. The molecule has 0 aromatic heterocycles. The molecule has 0 fully saturated rings. The number of aliphatic carboxylic acids is 2. The molecular formula is C7H16N4O5. The quantitative estimate of drug-likeness (QED) is 0.188. The molecule has 8 N–H and O–H groups in total. The molecule has 0 aliphatic rings. The van der Waals surface area contributed by atoms with Crippen molar-refractivity contribution in [3.05, 3.63) is 0 Å². The topological polar surface area (TPSA) is 171 Å². The molecule has 0 radical (unpaired) electrons. The monoisotopic (exact) mass is 236 g/mol. The molecule has 94 valence electrons. The molecule has 0 aliphatic heterocycles. The minimum Gasteiger partial charge on any atom is -0.481 e. The van der Waals surface area contributed by atoms with E-state index < -0.39 is 18.0 Å². The van der Waals surface area contributed by atoms with E-state index in [0.29, 0.717) is 0 Å². The Balaban J connectivity index is 0. The maximum atomic E-state index is 10.2. The van der Waals surface area contributed by atoms with Crippen LogP contribution in [0.4, 0.5) is 0 Å². The fraction of sp³-hybridized carbons (Fsp3) is 0.571. The number of rotatable bonds is 4. The first-order chi connectivity index (χ1) is 7.31. The van der Waals surface area contributed by atoms with Crippen molar-refractivity contribution in [1.29, 1.82) is 0 Å². The fourth-order valence-corrected chi connectivity index (χ4v) is 0.483. The number of carbonyl (C=O) groups is 2. The molecule has 0 aliphatic carbocycles. The molecule has 1 atom stereocenters. The van der Waals surface area contributed by atoms with Crippen molar-refractivity contribution in [1.82, 2.24) is 5.48 Å². The molecule has 0 aromatic rings. The third-order valence-corrected chi connectivity index (χ3v) is 1.15. The first kappa shape index (κ1) is 16.6. The van der Waals surface area contributed by atoms with Crippen LogP contribution < -0.4 is 16.9 Å². The van der Waals surface area contributed by atoms with E-state index in [1.54, 1.807) is 5.48 Å². The summed E-state index contributed by atoms with van der Waals surface area (Å²) >= 11 is 0. The first-order valence-electron chi connectivity index (χ1n) is 4.19. The molecule has 0 amide bonds. The van der Waals surface area contributed by atoms with Crippen LogP contribution in [0.1, 0.15) is 13.3 Å². The molecular weight excluding hydrogens is 220 g/mol. The van der Waals surface area contributed by atoms with Crippen molar-refractivity contribution < 1.29 is 25.0 Å². The summed E-state index contributed by atoms with van der Waals surface area (Å²) in [5, 5.41) is 23.9. The zero-order valence-electron chi connectivity index (χ0n) is 8.75. The van der Waals surface area contributed by atoms with Crippen LogP contribution >= 0.6 is 0 Å². The maximum Gasteiger partial charge on any atom is 0.320 e. The number of aliphatic imine (C=N–C) groups is 1. The van der Waals surface area contributed by atoms with E-state index in [0.717, 1.165) is 6.92 Å². The van der Waals surface area contributed by atoms with Crippen LogP contribution in [0.5, 0.6) is 0 Å². The smallest absolute Gasteiger partial charge is 0.320 e. The Kier molecular flexibility index (Phi) is 10.0. The number of carboxylic acids is 2. The van der Waals surface area contributed by atoms with E-state index >= 15 is 0 Å². The predicted molar refractivity (Wildman–Crippen MR) is 54.9 cm³/mol. The van der Waals surface area contributed by atoms with Gasteiger partial charge in [-0.15, -0.1) is 0 Å². The summed E-state index contributed by atoms with van der Waals surface area (Å²) in [7, 11) is 0. The van der Waals surface area contributed by atoms with E-state index in [2.05, 4.69) is 4.99 Å². The highest BCUT2D eigenvalue weighted by molar-refractivity contribution is 5.76. The van der Waals surface area contributed by atoms with Gasteiger partial charge < -0.3 is 21.7 Å². The van der Waals surface area contributed by atoms with Gasteiger partial charge in [-0.1, -0.05) is 0 Å². The molecule has 0 bridgehead atoms. The highest BCUT2D eigenvalue weighted by Crippen LogP contribution is 1.88. The van der Waals surface area contributed by atoms with E-state index in [1.807, 2.05) is 0 Å². The average molecular weight is 236 g/mol. The minimum atomic E-state index is -1.08. The molecule has 9 heteroatoms. The number of nitrogens with two attached hydrogens (primary N) is 2. The van der Waals surface area contributed by atoms with Gasteiger partial charge in [-0.2, -0.15) is 0 Å². The number of carboxylic acid groups (broad SMARTS) is 2. The molecule has 1 unspecified atom stereocenters. The fourth-order valence-electron chi connectivity index (χ4n) is 0.483. The van der Waals surface area contributed by atoms with Gasteiger partial charge >= 0.3 is 5.97 Å². The Labute approximate surface area is 91.7 Å². The van der Waals surface area contributed by atoms with Crippen LogP contribution in [0.25, 0.3) is 0 Å². The van der Waals surface area contributed by atoms with Crippen LogP contribution in [0.2, 0.25) is 0 Å². The summed E-state index contributed by atoms with van der Waals surface area (Å²) in [5.74, 6) is -2.08. The highest BCUT2D eigenvalue weighted by Gasteiger charge is 2.09. The Morgan fingerprint density at radius 1 is 1.44 bits per heavy atom. The summed E-state index contributed by atoms with van der Waals surface area (Å²) in [6, 6.07) is -0.944. The van der Waals surface area contributed by atoms with E-state index in [1.165, 1.54) is 0 Å². The van der Waals surface area contributed by atoms with Gasteiger partial charge in [0.2, 0.25) is 5.96 Å². The summed E-state index contributed by atoms with van der Waals surface area (Å²) in [6.07, 6.45) is 0.178. The first-order valence-corrected chi connectivity index (χ1v) is 4.19. The highest BCUT2D eigenvalue weighted by atomic mass is 16.5. The number of hydrogen-bond donors (Lipinski definition) is 6. The van der Waals surface area contributed by atoms with Gasteiger partial charge in [0.25, 0.3) is 5.97 Å². The van der Waals surface area contributed by atoms with Crippen LogP contribution in [-0.2, 0) is 9.59 Å². The van der Waals surface area contributed by atoms with Crippen molar-refractivity contribution in [3.8, 4) is 0 Å². The molecule has 9 nitrogen and oxygen atoms in total. The summed E-state index contributed by atoms with van der Waals surface area (Å²) < 4.78 is 0. The second-order valence-corrected chi connectivity index (χ2v) is 2.63. The number of nitrogens with one attached hydrogen (secondary N) is 1. The standard InChI is InChI=1S/C5H12N4O3.C2H4O2/c6-3(4(10)11)1-2-8-5(7)9-12;1-2(3)4/h3,12H,1-2,6H2,(H,10,11)(H3,7,8,9);1H3,(H,3,4). The minimum absolute atomic E-state index is 0.160. The normalized spacial score (nSPS) is 12.1. The molecule has 0 rings (SSSR count). The number of guanidine groups is 1. The average Bonchev–Trinajstić information content (AvgIpc) is 2.16. The lowest BCUT2D eigenvalue weighted by atomic mass is 10.2. The van der Waals surface area contributed by atoms with Crippen LogP contribution in [0.15, 0.2) is 4.99 Å². The van der Waals surface area contributed by atoms with Crippen molar-refractivity contribution in [3.63, 3.8) is 0 Å². The second-order valence-electron chi connectivity index (χ2n) is 2.63. The summed E-state index contributed by atoms with van der Waals surface area (Å²) in [4.78, 5) is 22.7. The molecule has 0 spiro atoms. The third kappa shape index (κ3) is 14.6. The van der Waals surface area contributed by atoms with Crippen LogP contribution in [0, 0.1) is 0 Å². The third-order valence-electron chi connectivity index (χ3n) is 1.15. The van der Waals surface area contributed by atoms with Crippen molar-refractivity contribution >= 4 is 17.9 Å². The van der Waals surface area contributed by atoms with E-state index in [-0.39, 0.29) is 18.9 Å². The second kappa shape index (κ2) is 9.68. The van der Waals surface area contributed by atoms with E-state index in [4.69, 9.17) is 31.7 Å². The van der Waals surface area contributed by atoms with Crippen LogP contribution in [-0.4, -0.2) is 45.9 Å². The largest absolute Gasteiger partial charge is 0.481 e. The number of nitrogens with zero attached hydrogens (tertiary/aromatic N) is 1. The van der Waals surface area contributed by atoms with Gasteiger partial charge in [0.15, 0.2) is 0 Å². The van der Waals surface area contributed by atoms with Gasteiger partial charge in [0.05, 0.1) is 0 Å². The zero-order chi connectivity index (χ0) is 13.1. The summed E-state index contributed by atoms with van der Waals surface area (Å²) in [6.45, 7) is 1.24. The van der Waals surface area contributed by atoms with Crippen LogP contribution in [0.3, 0.4) is 0 Å². The van der Waals surface area contributed by atoms with Crippen molar-refractivity contribution in [2.45, 2.75) is 19.4 Å². The van der Waals surface area contributed by atoms with E-state index in [9.17, 15) is 4.79 Å². The van der Waals surface area contributed by atoms with Gasteiger partial charge in [-0.3, -0.25) is 19.8 Å². The van der Waals surface area contributed by atoms with Gasteiger partial charge in [0, 0.05) is 13.5 Å². The number of hydroxylamine groups is 1. The number of hydrogen-bond acceptors (Lipinski definition) is 5. The van der Waals surface area contributed by atoms with Crippen molar-refractivity contribution in [2.24, 2.45) is 16.5 Å². The van der Waals surface area contributed by atoms with Crippen molar-refractivity contribution in [2.75, 3.05) is 6.54 Å². The van der Waals surface area contributed by atoms with Gasteiger partial charge in [-0.05, 0) is 6.42 Å². The summed E-state index contributed by atoms with van der Waals surface area (Å²) in [5.41, 5.74) is 11.8. The Morgan fingerprint density at radius 2 is 1.88 bits per heavy atom. The SMILES string of the molecule is CC(=O)O.NC(=NCCC(N)C(=O)O)NO. The molecule has 0 saturated carbocycles. The Hall–Kier alpha value is -1.87.